The molecule has 0 aliphatic rings. The van der Waals surface area contributed by atoms with E-state index in [0.717, 1.165) is 28.1 Å². The average Bonchev–Trinajstić information content (AvgIpc) is 3.52. The number of nitrogens with one attached hydrogen (secondary N) is 3. The van der Waals surface area contributed by atoms with Gasteiger partial charge in [0.05, 0.1) is 41.2 Å². The van der Waals surface area contributed by atoms with Gasteiger partial charge in [-0.25, -0.2) is 14.1 Å². The molecule has 2 amide bonds. The van der Waals surface area contributed by atoms with Crippen molar-refractivity contribution >= 4 is 28.5 Å². The molecule has 0 saturated carbocycles. The number of hydrogen-bond donors (Lipinski definition) is 3. The van der Waals surface area contributed by atoms with Crippen LogP contribution in [0.25, 0.3) is 16.7 Å². The molecule has 0 atom stereocenters. The second-order valence-corrected chi connectivity index (χ2v) is 8.74. The number of rotatable bonds is 8. The molecule has 5 aromatic rings. The molecule has 9 heteroatoms. The fourth-order valence-electron chi connectivity index (χ4n) is 4.07. The number of H-pyrrole nitrogens is 1. The molecule has 0 aliphatic heterocycles. The summed E-state index contributed by atoms with van der Waals surface area (Å²) in [5, 5.41) is 9.96. The molecule has 0 unspecified atom stereocenters. The van der Waals surface area contributed by atoms with E-state index in [2.05, 4.69) is 25.7 Å². The third kappa shape index (κ3) is 5.72. The predicted molar refractivity (Wildman–Crippen MR) is 139 cm³/mol. The van der Waals surface area contributed by atoms with Crippen molar-refractivity contribution in [3.8, 4) is 5.69 Å². The number of para-hydroxylation sites is 1. The van der Waals surface area contributed by atoms with E-state index in [1.54, 1.807) is 47.3 Å². The molecule has 37 heavy (non-hydrogen) atoms. The van der Waals surface area contributed by atoms with E-state index in [4.69, 9.17) is 0 Å². The van der Waals surface area contributed by atoms with Crippen LogP contribution in [0.5, 0.6) is 0 Å². The van der Waals surface area contributed by atoms with Gasteiger partial charge in [-0.1, -0.05) is 24.3 Å². The highest BCUT2D eigenvalue weighted by Gasteiger charge is 2.10. The van der Waals surface area contributed by atoms with E-state index in [9.17, 15) is 14.0 Å². The zero-order chi connectivity index (χ0) is 25.8. The Balaban J connectivity index is 1.14. The lowest BCUT2D eigenvalue weighted by molar-refractivity contribution is -0.115. The zero-order valence-electron chi connectivity index (χ0n) is 20.2. The standard InChI is InChI=1S/C28H25FN6O2/c1-18-4-2-7-24-27(18)34-25(33-24)12-13-30-28(37)20-8-10-23(11-9-20)35-17-22(16-31-35)32-26(36)15-19-5-3-6-21(29)14-19/h2-11,14,16-17H,12-13,15H2,1H3,(H,30,37)(H,32,36)(H,33,34). The van der Waals surface area contributed by atoms with Gasteiger partial charge in [-0.05, 0) is 60.5 Å². The van der Waals surface area contributed by atoms with E-state index in [1.165, 1.54) is 18.3 Å². The maximum absolute atomic E-state index is 13.3. The summed E-state index contributed by atoms with van der Waals surface area (Å²) in [7, 11) is 0. The third-order valence-electron chi connectivity index (χ3n) is 5.92. The highest BCUT2D eigenvalue weighted by Crippen LogP contribution is 2.16. The van der Waals surface area contributed by atoms with Crippen LogP contribution in [0.15, 0.2) is 79.1 Å². The molecule has 0 radical (unpaired) electrons. The minimum Gasteiger partial charge on any atom is -0.352 e. The Morgan fingerprint density at radius 1 is 1.05 bits per heavy atom. The molecule has 2 aromatic heterocycles. The van der Waals surface area contributed by atoms with Crippen LogP contribution in [-0.2, 0) is 17.6 Å². The summed E-state index contributed by atoms with van der Waals surface area (Å²) in [4.78, 5) is 32.7. The van der Waals surface area contributed by atoms with Crippen LogP contribution in [0.3, 0.4) is 0 Å². The maximum atomic E-state index is 13.3. The molecular formula is C28H25FN6O2. The van der Waals surface area contributed by atoms with Crippen molar-refractivity contribution in [1.29, 1.82) is 0 Å². The Hall–Kier alpha value is -4.79. The smallest absolute Gasteiger partial charge is 0.251 e. The minimum atomic E-state index is -0.378. The van der Waals surface area contributed by atoms with Gasteiger partial charge in [0.1, 0.15) is 11.6 Å². The first-order chi connectivity index (χ1) is 17.9. The van der Waals surface area contributed by atoms with E-state index >= 15 is 0 Å². The Bertz CT molecular complexity index is 1570. The number of carbonyl (C=O) groups is 2. The van der Waals surface area contributed by atoms with Crippen molar-refractivity contribution in [2.75, 3.05) is 11.9 Å². The molecule has 0 spiro atoms. The van der Waals surface area contributed by atoms with Crippen LogP contribution in [-0.4, -0.2) is 38.1 Å². The summed E-state index contributed by atoms with van der Waals surface area (Å²) in [6.07, 6.45) is 3.86. The van der Waals surface area contributed by atoms with Gasteiger partial charge in [0.25, 0.3) is 5.91 Å². The van der Waals surface area contributed by atoms with Crippen molar-refractivity contribution in [2.45, 2.75) is 19.8 Å². The average molecular weight is 497 g/mol. The summed E-state index contributed by atoms with van der Waals surface area (Å²) in [6.45, 7) is 2.48. The van der Waals surface area contributed by atoms with E-state index in [-0.39, 0.29) is 24.1 Å². The van der Waals surface area contributed by atoms with Crippen LogP contribution in [0.1, 0.15) is 27.3 Å². The molecule has 0 aliphatic carbocycles. The van der Waals surface area contributed by atoms with Gasteiger partial charge in [-0.2, -0.15) is 5.10 Å². The van der Waals surface area contributed by atoms with Crippen LogP contribution in [0.4, 0.5) is 10.1 Å². The van der Waals surface area contributed by atoms with Crippen molar-refractivity contribution in [3.05, 3.63) is 107 Å². The first kappa shape index (κ1) is 23.9. The number of halogens is 1. The van der Waals surface area contributed by atoms with Crippen molar-refractivity contribution < 1.29 is 14.0 Å². The van der Waals surface area contributed by atoms with Crippen molar-refractivity contribution in [1.82, 2.24) is 25.1 Å². The van der Waals surface area contributed by atoms with Gasteiger partial charge in [0, 0.05) is 18.5 Å². The number of carbonyl (C=O) groups excluding carboxylic acids is 2. The summed E-state index contributed by atoms with van der Waals surface area (Å²) in [6, 6.07) is 18.9. The lowest BCUT2D eigenvalue weighted by Gasteiger charge is -2.06. The minimum absolute atomic E-state index is 0.0583. The zero-order valence-corrected chi connectivity index (χ0v) is 20.2. The van der Waals surface area contributed by atoms with E-state index in [1.807, 2.05) is 25.1 Å². The number of aryl methyl sites for hydroxylation is 1. The molecular weight excluding hydrogens is 471 g/mol. The quantitative estimate of drug-likeness (QED) is 0.297. The Labute approximate surface area is 212 Å². The number of aromatic amines is 1. The van der Waals surface area contributed by atoms with Gasteiger partial charge in [0.2, 0.25) is 5.91 Å². The molecule has 2 heterocycles. The topological polar surface area (TPSA) is 105 Å². The lowest BCUT2D eigenvalue weighted by Crippen LogP contribution is -2.25. The highest BCUT2D eigenvalue weighted by atomic mass is 19.1. The molecule has 3 aromatic carbocycles. The number of amides is 2. The summed E-state index contributed by atoms with van der Waals surface area (Å²) < 4.78 is 14.9. The number of imidazole rings is 1. The number of fused-ring (bicyclic) bond motifs is 1. The molecule has 0 bridgehead atoms. The monoisotopic (exact) mass is 496 g/mol. The Morgan fingerprint density at radius 2 is 1.86 bits per heavy atom. The maximum Gasteiger partial charge on any atom is 0.251 e. The van der Waals surface area contributed by atoms with E-state index < -0.39 is 0 Å². The molecule has 0 fully saturated rings. The summed E-state index contributed by atoms with van der Waals surface area (Å²) in [5.74, 6) is 0.00791. The number of anilines is 1. The third-order valence-corrected chi connectivity index (χ3v) is 5.92. The van der Waals surface area contributed by atoms with Gasteiger partial charge in [-0.3, -0.25) is 9.59 Å². The highest BCUT2D eigenvalue weighted by molar-refractivity contribution is 5.94. The number of aromatic nitrogens is 4. The van der Waals surface area contributed by atoms with Crippen LogP contribution in [0, 0.1) is 12.7 Å². The van der Waals surface area contributed by atoms with Crippen LogP contribution < -0.4 is 10.6 Å². The fraction of sp³-hybridized carbons (Fsp3) is 0.143. The van der Waals surface area contributed by atoms with E-state index in [0.29, 0.717) is 29.8 Å². The SMILES string of the molecule is Cc1cccc2[nH]c(CCNC(=O)c3ccc(-n4cc(NC(=O)Cc5cccc(F)c5)cn4)cc3)nc12. The van der Waals surface area contributed by atoms with Gasteiger partial charge >= 0.3 is 0 Å². The summed E-state index contributed by atoms with van der Waals surface area (Å²) in [5.41, 5.74) is 5.42. The molecule has 186 valence electrons. The molecule has 3 N–H and O–H groups in total. The lowest BCUT2D eigenvalue weighted by atomic mass is 10.1. The van der Waals surface area contributed by atoms with Crippen molar-refractivity contribution in [3.63, 3.8) is 0 Å². The number of hydrogen-bond acceptors (Lipinski definition) is 4. The Morgan fingerprint density at radius 3 is 2.65 bits per heavy atom. The molecule has 8 nitrogen and oxygen atoms in total. The summed E-state index contributed by atoms with van der Waals surface area (Å²) >= 11 is 0. The van der Waals surface area contributed by atoms with Gasteiger partial charge in [0.15, 0.2) is 0 Å². The van der Waals surface area contributed by atoms with Gasteiger partial charge in [-0.15, -0.1) is 0 Å². The number of benzene rings is 3. The normalized spacial score (nSPS) is 11.0. The van der Waals surface area contributed by atoms with Gasteiger partial charge < -0.3 is 15.6 Å². The second kappa shape index (κ2) is 10.4. The molecule has 0 saturated heterocycles. The molecule has 5 rings (SSSR count). The predicted octanol–water partition coefficient (Wildman–Crippen LogP) is 4.35. The second-order valence-electron chi connectivity index (χ2n) is 8.74. The first-order valence-corrected chi connectivity index (χ1v) is 11.9. The fourth-order valence-corrected chi connectivity index (χ4v) is 4.07. The Kier molecular flexibility index (Phi) is 6.76. The van der Waals surface area contributed by atoms with Crippen LogP contribution >= 0.6 is 0 Å². The van der Waals surface area contributed by atoms with Crippen LogP contribution in [0.2, 0.25) is 0 Å². The van der Waals surface area contributed by atoms with Crippen molar-refractivity contribution in [2.24, 2.45) is 0 Å². The number of nitrogens with zero attached hydrogens (tertiary/aromatic N) is 3. The largest absolute Gasteiger partial charge is 0.352 e. The first-order valence-electron chi connectivity index (χ1n) is 11.9.